The molecule has 3 N–H and O–H groups in total. The molecule has 0 spiro atoms. The Hall–Kier alpha value is -0.170. The largest absolute Gasteiger partial charge is 0.329 e. The summed E-state index contributed by atoms with van der Waals surface area (Å²) < 4.78 is 29.5. The van der Waals surface area contributed by atoms with Crippen LogP contribution < -0.4 is 10.5 Å². The first-order valence-corrected chi connectivity index (χ1v) is 9.01. The van der Waals surface area contributed by atoms with E-state index in [2.05, 4.69) is 4.72 Å². The molecule has 1 saturated carbocycles. The van der Waals surface area contributed by atoms with Crippen LogP contribution in [0.15, 0.2) is 0 Å². The molecule has 1 saturated heterocycles. The maximum absolute atomic E-state index is 12.5. The Bertz CT molecular complexity index is 369. The van der Waals surface area contributed by atoms with E-state index in [4.69, 9.17) is 5.73 Å². The van der Waals surface area contributed by atoms with Gasteiger partial charge in [-0.2, -0.15) is 17.4 Å². The van der Waals surface area contributed by atoms with Gasteiger partial charge in [0.2, 0.25) is 0 Å². The predicted molar refractivity (Wildman–Crippen MR) is 77.0 cm³/mol. The number of nitrogens with two attached hydrogens (primary N) is 1. The first kappa shape index (κ1) is 15.2. The van der Waals surface area contributed by atoms with Crippen LogP contribution in [0.4, 0.5) is 0 Å². The first-order valence-electron chi connectivity index (χ1n) is 7.57. The lowest BCUT2D eigenvalue weighted by Gasteiger charge is -2.36. The molecule has 2 fully saturated rings. The lowest BCUT2D eigenvalue weighted by atomic mass is 9.92. The van der Waals surface area contributed by atoms with Crippen LogP contribution in [0.1, 0.15) is 57.8 Å². The third-order valence-electron chi connectivity index (χ3n) is 4.45. The average molecular weight is 289 g/mol. The Morgan fingerprint density at radius 1 is 0.947 bits per heavy atom. The van der Waals surface area contributed by atoms with Crippen molar-refractivity contribution in [3.05, 3.63) is 0 Å². The summed E-state index contributed by atoms with van der Waals surface area (Å²) in [5.74, 6) is 0. The fourth-order valence-corrected chi connectivity index (χ4v) is 4.90. The Morgan fingerprint density at radius 2 is 1.47 bits per heavy atom. The normalized spacial score (nSPS) is 25.9. The van der Waals surface area contributed by atoms with Crippen LogP contribution in [0.2, 0.25) is 0 Å². The van der Waals surface area contributed by atoms with Crippen molar-refractivity contribution in [1.82, 2.24) is 9.03 Å². The molecule has 1 aliphatic carbocycles. The van der Waals surface area contributed by atoms with Crippen molar-refractivity contribution in [3.63, 3.8) is 0 Å². The van der Waals surface area contributed by atoms with E-state index in [1.807, 2.05) is 0 Å². The minimum atomic E-state index is -3.37. The van der Waals surface area contributed by atoms with Gasteiger partial charge in [0, 0.05) is 25.2 Å². The van der Waals surface area contributed by atoms with Gasteiger partial charge in [-0.1, -0.05) is 32.1 Å². The topological polar surface area (TPSA) is 75.4 Å². The van der Waals surface area contributed by atoms with Crippen LogP contribution in [-0.4, -0.2) is 37.9 Å². The lowest BCUT2D eigenvalue weighted by Crippen LogP contribution is -2.57. The molecule has 0 atom stereocenters. The highest BCUT2D eigenvalue weighted by molar-refractivity contribution is 7.87. The van der Waals surface area contributed by atoms with Gasteiger partial charge in [0.05, 0.1) is 0 Å². The molecule has 2 aliphatic rings. The SMILES string of the molecule is NCC1(NS(=O)(=O)N2CCCCC2)CCCCCC1. The molecule has 0 amide bonds. The van der Waals surface area contributed by atoms with Crippen molar-refractivity contribution >= 4 is 10.2 Å². The van der Waals surface area contributed by atoms with Gasteiger partial charge in [-0.25, -0.2) is 0 Å². The van der Waals surface area contributed by atoms with Crippen molar-refractivity contribution in [2.75, 3.05) is 19.6 Å². The highest BCUT2D eigenvalue weighted by atomic mass is 32.2. The monoisotopic (exact) mass is 289 g/mol. The van der Waals surface area contributed by atoms with Crippen molar-refractivity contribution < 1.29 is 8.42 Å². The number of nitrogens with zero attached hydrogens (tertiary/aromatic N) is 1. The third kappa shape index (κ3) is 3.90. The van der Waals surface area contributed by atoms with Crippen molar-refractivity contribution in [1.29, 1.82) is 0 Å². The fourth-order valence-electron chi connectivity index (χ4n) is 3.20. The molecule has 1 aliphatic heterocycles. The van der Waals surface area contributed by atoms with Crippen LogP contribution in [-0.2, 0) is 10.2 Å². The molecule has 6 heteroatoms. The van der Waals surface area contributed by atoms with Crippen LogP contribution in [0.3, 0.4) is 0 Å². The summed E-state index contributed by atoms with van der Waals surface area (Å²) in [5.41, 5.74) is 5.49. The molecule has 0 aromatic heterocycles. The van der Waals surface area contributed by atoms with E-state index < -0.39 is 15.7 Å². The Labute approximate surface area is 117 Å². The molecule has 19 heavy (non-hydrogen) atoms. The zero-order valence-electron chi connectivity index (χ0n) is 11.7. The van der Waals surface area contributed by atoms with Gasteiger partial charge in [-0.05, 0) is 25.7 Å². The minimum Gasteiger partial charge on any atom is -0.329 e. The van der Waals surface area contributed by atoms with Crippen LogP contribution in [0.25, 0.3) is 0 Å². The number of hydrogen-bond acceptors (Lipinski definition) is 3. The Morgan fingerprint density at radius 3 is 2.00 bits per heavy atom. The van der Waals surface area contributed by atoms with Crippen molar-refractivity contribution in [3.8, 4) is 0 Å². The highest BCUT2D eigenvalue weighted by Gasteiger charge is 2.36. The summed E-state index contributed by atoms with van der Waals surface area (Å²) in [4.78, 5) is 0. The second-order valence-corrected chi connectivity index (χ2v) is 7.64. The van der Waals surface area contributed by atoms with Crippen LogP contribution in [0, 0.1) is 0 Å². The van der Waals surface area contributed by atoms with Crippen molar-refractivity contribution in [2.45, 2.75) is 63.3 Å². The summed E-state index contributed by atoms with van der Waals surface area (Å²) >= 11 is 0. The minimum absolute atomic E-state index is 0.403. The summed E-state index contributed by atoms with van der Waals surface area (Å²) in [7, 11) is -3.37. The molecule has 0 aromatic carbocycles. The second-order valence-electron chi connectivity index (χ2n) is 5.97. The molecular formula is C13H27N3O2S. The van der Waals surface area contributed by atoms with E-state index >= 15 is 0 Å². The summed E-state index contributed by atoms with van der Waals surface area (Å²) in [5, 5.41) is 0. The van der Waals surface area contributed by atoms with E-state index in [9.17, 15) is 8.42 Å². The lowest BCUT2D eigenvalue weighted by molar-refractivity contribution is 0.303. The predicted octanol–water partition coefficient (Wildman–Crippen LogP) is 1.36. The van der Waals surface area contributed by atoms with E-state index in [0.717, 1.165) is 44.9 Å². The summed E-state index contributed by atoms with van der Waals surface area (Å²) in [6.45, 7) is 1.70. The second kappa shape index (κ2) is 6.52. The molecule has 0 radical (unpaired) electrons. The smallest absolute Gasteiger partial charge is 0.279 e. The highest BCUT2D eigenvalue weighted by Crippen LogP contribution is 2.28. The van der Waals surface area contributed by atoms with Gasteiger partial charge in [-0.15, -0.1) is 0 Å². The van der Waals surface area contributed by atoms with Gasteiger partial charge in [-0.3, -0.25) is 0 Å². The van der Waals surface area contributed by atoms with Gasteiger partial charge in [0.1, 0.15) is 0 Å². The van der Waals surface area contributed by atoms with E-state index in [-0.39, 0.29) is 0 Å². The number of hydrogen-bond donors (Lipinski definition) is 2. The first-order chi connectivity index (χ1) is 9.08. The molecule has 0 aromatic rings. The summed E-state index contributed by atoms with van der Waals surface area (Å²) in [6.07, 6.45) is 9.33. The third-order valence-corrected chi connectivity index (χ3v) is 6.19. The maximum atomic E-state index is 12.5. The quantitative estimate of drug-likeness (QED) is 0.767. The molecular weight excluding hydrogens is 262 g/mol. The van der Waals surface area contributed by atoms with Gasteiger partial charge in [0.15, 0.2) is 0 Å². The van der Waals surface area contributed by atoms with Crippen molar-refractivity contribution in [2.24, 2.45) is 5.73 Å². The van der Waals surface area contributed by atoms with Crippen LogP contribution in [0.5, 0.6) is 0 Å². The standard InChI is InChI=1S/C13H27N3O2S/c14-12-13(8-4-1-2-5-9-13)15-19(17,18)16-10-6-3-7-11-16/h15H,1-12,14H2. The zero-order chi connectivity index (χ0) is 13.8. The molecule has 5 nitrogen and oxygen atoms in total. The fraction of sp³-hybridized carbons (Fsp3) is 1.00. The van der Waals surface area contributed by atoms with Gasteiger partial charge < -0.3 is 5.73 Å². The van der Waals surface area contributed by atoms with Gasteiger partial charge >= 0.3 is 0 Å². The Kier molecular flexibility index (Phi) is 5.22. The van der Waals surface area contributed by atoms with E-state index in [0.29, 0.717) is 19.6 Å². The Balaban J connectivity index is 2.07. The van der Waals surface area contributed by atoms with Gasteiger partial charge in [0.25, 0.3) is 10.2 Å². The zero-order valence-corrected chi connectivity index (χ0v) is 12.6. The summed E-state index contributed by atoms with van der Waals surface area (Å²) in [6, 6.07) is 0. The average Bonchev–Trinajstić information content (AvgIpc) is 2.65. The maximum Gasteiger partial charge on any atom is 0.279 e. The number of piperidine rings is 1. The number of nitrogens with one attached hydrogen (secondary N) is 1. The van der Waals surface area contributed by atoms with Crippen LogP contribution >= 0.6 is 0 Å². The van der Waals surface area contributed by atoms with E-state index in [1.165, 1.54) is 12.8 Å². The molecule has 0 unspecified atom stereocenters. The molecule has 1 heterocycles. The molecule has 112 valence electrons. The van der Waals surface area contributed by atoms with E-state index in [1.54, 1.807) is 4.31 Å². The number of rotatable bonds is 4. The molecule has 2 rings (SSSR count). The molecule has 0 bridgehead atoms.